The van der Waals surface area contributed by atoms with Gasteiger partial charge in [-0.25, -0.2) is 15.4 Å². The standard InChI is InChI=1S/C16H18ClN7O/c1-3-24(20-8-10(2)25)16-13-14(18-9-19-15(13)22-23-16)21-12-6-4-5-11(17)7-12/h4-7,9,20H,3,8H2,1-2H3,(H2,18,19,21,22,23). The van der Waals surface area contributed by atoms with E-state index < -0.39 is 0 Å². The lowest BCUT2D eigenvalue weighted by Gasteiger charge is -2.21. The van der Waals surface area contributed by atoms with E-state index in [1.54, 1.807) is 17.1 Å². The number of H-pyrrole nitrogens is 1. The van der Waals surface area contributed by atoms with E-state index in [2.05, 4.69) is 30.9 Å². The fourth-order valence-electron chi connectivity index (χ4n) is 2.38. The Kier molecular flexibility index (Phi) is 5.11. The first-order chi connectivity index (χ1) is 12.1. The van der Waals surface area contributed by atoms with Crippen molar-refractivity contribution in [3.8, 4) is 0 Å². The van der Waals surface area contributed by atoms with Crippen LogP contribution in [0.1, 0.15) is 13.8 Å². The quantitative estimate of drug-likeness (QED) is 0.558. The molecular formula is C16H18ClN7O. The summed E-state index contributed by atoms with van der Waals surface area (Å²) in [6.07, 6.45) is 1.45. The van der Waals surface area contributed by atoms with Gasteiger partial charge in [0.25, 0.3) is 0 Å². The van der Waals surface area contributed by atoms with Crippen LogP contribution >= 0.6 is 11.6 Å². The highest BCUT2D eigenvalue weighted by Gasteiger charge is 2.18. The van der Waals surface area contributed by atoms with Crippen LogP contribution in [0, 0.1) is 0 Å². The number of fused-ring (bicyclic) bond motifs is 1. The monoisotopic (exact) mass is 359 g/mol. The van der Waals surface area contributed by atoms with Crippen molar-refractivity contribution >= 4 is 45.7 Å². The maximum absolute atomic E-state index is 11.3. The zero-order valence-corrected chi connectivity index (χ0v) is 14.6. The molecule has 0 saturated carbocycles. The summed E-state index contributed by atoms with van der Waals surface area (Å²) < 4.78 is 0. The number of benzene rings is 1. The van der Waals surface area contributed by atoms with E-state index in [4.69, 9.17) is 11.6 Å². The van der Waals surface area contributed by atoms with Gasteiger partial charge in [-0.2, -0.15) is 5.10 Å². The van der Waals surface area contributed by atoms with Crippen molar-refractivity contribution < 1.29 is 4.79 Å². The first-order valence-electron chi connectivity index (χ1n) is 7.80. The third kappa shape index (κ3) is 3.86. The molecule has 0 aliphatic carbocycles. The number of Topliss-reactive ketones (excluding diaryl/α,β-unsaturated/α-hetero) is 1. The number of hydrogen-bond donors (Lipinski definition) is 3. The van der Waals surface area contributed by atoms with Crippen molar-refractivity contribution in [1.82, 2.24) is 25.6 Å². The van der Waals surface area contributed by atoms with E-state index in [0.717, 1.165) is 11.1 Å². The summed E-state index contributed by atoms with van der Waals surface area (Å²) in [7, 11) is 0. The topological polar surface area (TPSA) is 98.8 Å². The largest absolute Gasteiger partial charge is 0.339 e. The lowest BCUT2D eigenvalue weighted by molar-refractivity contribution is -0.116. The Bertz CT molecular complexity index is 895. The highest BCUT2D eigenvalue weighted by atomic mass is 35.5. The molecule has 0 aliphatic heterocycles. The van der Waals surface area contributed by atoms with E-state index in [1.165, 1.54) is 13.3 Å². The number of carbonyl (C=O) groups is 1. The number of hydrogen-bond acceptors (Lipinski definition) is 7. The molecule has 0 unspecified atom stereocenters. The molecule has 0 bridgehead atoms. The maximum atomic E-state index is 11.3. The second-order valence-corrected chi connectivity index (χ2v) is 5.85. The molecule has 3 rings (SSSR count). The van der Waals surface area contributed by atoms with Gasteiger partial charge in [0.1, 0.15) is 23.3 Å². The zero-order valence-electron chi connectivity index (χ0n) is 13.9. The second kappa shape index (κ2) is 7.45. The van der Waals surface area contributed by atoms with Crippen LogP contribution in [0.5, 0.6) is 0 Å². The summed E-state index contributed by atoms with van der Waals surface area (Å²) in [4.78, 5) is 19.8. The van der Waals surface area contributed by atoms with Crippen LogP contribution in [0.25, 0.3) is 11.0 Å². The maximum Gasteiger partial charge on any atom is 0.177 e. The molecule has 0 spiro atoms. The number of aromatic amines is 1. The Morgan fingerprint density at radius 1 is 1.36 bits per heavy atom. The minimum atomic E-state index is 0.0341. The molecule has 3 aromatic rings. The first kappa shape index (κ1) is 17.1. The Balaban J connectivity index is 1.99. The Morgan fingerprint density at radius 2 is 2.20 bits per heavy atom. The van der Waals surface area contributed by atoms with Crippen LogP contribution < -0.4 is 15.8 Å². The summed E-state index contributed by atoms with van der Waals surface area (Å²) >= 11 is 6.04. The molecule has 2 heterocycles. The summed E-state index contributed by atoms with van der Waals surface area (Å²) in [5, 5.41) is 13.6. The van der Waals surface area contributed by atoms with Crippen molar-refractivity contribution in [2.75, 3.05) is 23.4 Å². The van der Waals surface area contributed by atoms with Gasteiger partial charge in [-0.05, 0) is 32.0 Å². The minimum Gasteiger partial charge on any atom is -0.339 e. The van der Waals surface area contributed by atoms with E-state index in [1.807, 2.05) is 19.1 Å². The van der Waals surface area contributed by atoms with Crippen molar-refractivity contribution in [3.05, 3.63) is 35.6 Å². The van der Waals surface area contributed by atoms with Crippen LogP contribution in [0.2, 0.25) is 5.02 Å². The Labute approximate surface area is 149 Å². The van der Waals surface area contributed by atoms with Gasteiger partial charge in [0.05, 0.1) is 6.54 Å². The van der Waals surface area contributed by atoms with E-state index in [-0.39, 0.29) is 12.3 Å². The highest BCUT2D eigenvalue weighted by molar-refractivity contribution is 6.30. The minimum absolute atomic E-state index is 0.0341. The molecule has 0 amide bonds. The number of halogens is 1. The van der Waals surface area contributed by atoms with Gasteiger partial charge in [0.15, 0.2) is 11.5 Å². The summed E-state index contributed by atoms with van der Waals surface area (Å²) in [6, 6.07) is 7.36. The van der Waals surface area contributed by atoms with E-state index >= 15 is 0 Å². The summed E-state index contributed by atoms with van der Waals surface area (Å²) in [5.41, 5.74) is 4.46. The summed E-state index contributed by atoms with van der Waals surface area (Å²) in [5.74, 6) is 1.25. The van der Waals surface area contributed by atoms with Crippen molar-refractivity contribution in [2.45, 2.75) is 13.8 Å². The number of nitrogens with one attached hydrogen (secondary N) is 3. The van der Waals surface area contributed by atoms with Gasteiger partial charge in [-0.3, -0.25) is 14.9 Å². The van der Waals surface area contributed by atoms with Crippen LogP contribution in [0.3, 0.4) is 0 Å². The molecular weight excluding hydrogens is 342 g/mol. The van der Waals surface area contributed by atoms with Gasteiger partial charge in [0.2, 0.25) is 0 Å². The van der Waals surface area contributed by atoms with Crippen LogP contribution in [0.4, 0.5) is 17.3 Å². The van der Waals surface area contributed by atoms with Gasteiger partial charge in [-0.1, -0.05) is 17.7 Å². The molecule has 1 aromatic carbocycles. The lowest BCUT2D eigenvalue weighted by Crippen LogP contribution is -2.41. The molecule has 3 N–H and O–H groups in total. The number of anilines is 3. The van der Waals surface area contributed by atoms with Gasteiger partial charge >= 0.3 is 0 Å². The zero-order chi connectivity index (χ0) is 17.8. The Hall–Kier alpha value is -2.71. The molecule has 0 saturated heterocycles. The predicted molar refractivity (Wildman–Crippen MR) is 98.1 cm³/mol. The Morgan fingerprint density at radius 3 is 2.92 bits per heavy atom. The molecule has 0 radical (unpaired) electrons. The van der Waals surface area contributed by atoms with Gasteiger partial charge in [-0.15, -0.1) is 0 Å². The second-order valence-electron chi connectivity index (χ2n) is 5.41. The highest BCUT2D eigenvalue weighted by Crippen LogP contribution is 2.30. The number of carbonyl (C=O) groups excluding carboxylic acids is 1. The van der Waals surface area contributed by atoms with Crippen LogP contribution in [0.15, 0.2) is 30.6 Å². The molecule has 130 valence electrons. The fraction of sp³-hybridized carbons (Fsp3) is 0.250. The third-order valence-electron chi connectivity index (χ3n) is 3.52. The van der Waals surface area contributed by atoms with Crippen molar-refractivity contribution in [3.63, 3.8) is 0 Å². The number of hydrazine groups is 1. The summed E-state index contributed by atoms with van der Waals surface area (Å²) in [6.45, 7) is 4.31. The van der Waals surface area contributed by atoms with E-state index in [0.29, 0.717) is 28.9 Å². The van der Waals surface area contributed by atoms with Crippen molar-refractivity contribution in [2.24, 2.45) is 0 Å². The third-order valence-corrected chi connectivity index (χ3v) is 3.75. The molecule has 0 atom stereocenters. The average molecular weight is 360 g/mol. The normalized spacial score (nSPS) is 10.8. The predicted octanol–water partition coefficient (Wildman–Crippen LogP) is 2.67. The van der Waals surface area contributed by atoms with Gasteiger partial charge < -0.3 is 5.32 Å². The number of aromatic nitrogens is 4. The van der Waals surface area contributed by atoms with E-state index in [9.17, 15) is 4.79 Å². The lowest BCUT2D eigenvalue weighted by atomic mass is 10.3. The molecule has 0 fully saturated rings. The SMILES string of the molecule is CCN(NCC(C)=O)c1n[nH]c2ncnc(Nc3cccc(Cl)c3)c12. The number of ketones is 1. The van der Waals surface area contributed by atoms with Gasteiger partial charge in [0, 0.05) is 17.3 Å². The first-order valence-corrected chi connectivity index (χ1v) is 8.18. The number of nitrogens with zero attached hydrogens (tertiary/aromatic N) is 4. The van der Waals surface area contributed by atoms with Crippen LogP contribution in [-0.2, 0) is 4.79 Å². The smallest absolute Gasteiger partial charge is 0.177 e. The van der Waals surface area contributed by atoms with Crippen LogP contribution in [-0.4, -0.2) is 39.0 Å². The molecule has 2 aromatic heterocycles. The molecule has 0 aliphatic rings. The average Bonchev–Trinajstić information content (AvgIpc) is 3.00. The van der Waals surface area contributed by atoms with Crippen molar-refractivity contribution in [1.29, 1.82) is 0 Å². The molecule has 8 nitrogen and oxygen atoms in total. The molecule has 25 heavy (non-hydrogen) atoms. The fourth-order valence-corrected chi connectivity index (χ4v) is 2.57. The molecule has 9 heteroatoms. The number of rotatable bonds is 7.